The molecule has 0 amide bonds. The average molecular weight is 720 g/mol. The molecule has 5 atom stereocenters. The molecule has 4 fully saturated rings. The highest BCUT2D eigenvalue weighted by atomic mass is 32.2. The lowest BCUT2D eigenvalue weighted by Crippen LogP contribution is -2.67. The standard InChI is InChI=1S/C33H44B6F2O9S/c1-17(33(40,41)51(45,46)47)48-29(44)30-6-19-7-31(14-30,49-27(42)23-5-18(9-34)4-22(12-37)24(23)13-38)16-32(8-19,15-30)50-28(43)25-20(10-35)2-3-21(11-36)26(25)39/h2-5,17,19H,6-16,34-39H2,1H3,(H,45,46,47). The van der Waals surface area contributed by atoms with E-state index in [0.29, 0.717) is 62.5 Å². The molecule has 18 heteroatoms. The van der Waals surface area contributed by atoms with E-state index in [1.54, 1.807) is 0 Å². The molecule has 5 unspecified atom stereocenters. The minimum absolute atomic E-state index is 0.0787. The molecule has 2 aromatic rings. The van der Waals surface area contributed by atoms with Crippen molar-refractivity contribution in [3.05, 3.63) is 63.2 Å². The van der Waals surface area contributed by atoms with Gasteiger partial charge in [0.15, 0.2) is 6.10 Å². The normalized spacial score (nSPS) is 26.0. The second kappa shape index (κ2) is 14.1. The topological polar surface area (TPSA) is 133 Å². The Balaban J connectivity index is 1.58. The van der Waals surface area contributed by atoms with E-state index < -0.39 is 56.0 Å². The van der Waals surface area contributed by atoms with Gasteiger partial charge >= 0.3 is 33.3 Å². The highest BCUT2D eigenvalue weighted by Crippen LogP contribution is 2.66. The monoisotopic (exact) mass is 720 g/mol. The molecule has 4 aliphatic carbocycles. The maximum Gasteiger partial charge on any atom is 0.405 e. The van der Waals surface area contributed by atoms with Gasteiger partial charge in [0, 0.05) is 19.3 Å². The van der Waals surface area contributed by atoms with Crippen molar-refractivity contribution in [3.63, 3.8) is 0 Å². The summed E-state index contributed by atoms with van der Waals surface area (Å²) in [5.41, 5.74) is 2.14. The fraction of sp³-hybridized carbons (Fsp3) is 0.545. The molecule has 4 aliphatic rings. The number of benzene rings is 2. The molecule has 4 bridgehead atoms. The number of alkyl halides is 2. The Bertz CT molecular complexity index is 1860. The first kappa shape index (κ1) is 39.2. The summed E-state index contributed by atoms with van der Waals surface area (Å²) in [5, 5.41) is -4.77. The fourth-order valence-corrected chi connectivity index (χ4v) is 9.94. The van der Waals surface area contributed by atoms with Crippen molar-refractivity contribution in [3.8, 4) is 0 Å². The van der Waals surface area contributed by atoms with Gasteiger partial charge in [0.05, 0.1) is 16.5 Å². The minimum atomic E-state index is -5.90. The summed E-state index contributed by atoms with van der Waals surface area (Å²) >= 11 is 0. The van der Waals surface area contributed by atoms with Gasteiger partial charge in [0.1, 0.15) is 58.3 Å². The molecule has 6 rings (SSSR count). The number of hydrogen-bond donors (Lipinski definition) is 1. The Morgan fingerprint density at radius 3 is 1.96 bits per heavy atom. The first-order valence-corrected chi connectivity index (χ1v) is 19.5. The molecule has 51 heavy (non-hydrogen) atoms. The summed E-state index contributed by atoms with van der Waals surface area (Å²) in [6.45, 7) is 0.700. The quantitative estimate of drug-likeness (QED) is 0.114. The van der Waals surface area contributed by atoms with E-state index in [1.807, 2.05) is 65.3 Å². The third kappa shape index (κ3) is 7.08. The number of carbonyl (C=O) groups excluding carboxylic acids is 3. The van der Waals surface area contributed by atoms with Crippen LogP contribution in [-0.2, 0) is 60.7 Å². The van der Waals surface area contributed by atoms with Crippen molar-refractivity contribution in [2.24, 2.45) is 11.3 Å². The Labute approximate surface area is 304 Å². The number of rotatable bonds is 13. The van der Waals surface area contributed by atoms with Crippen LogP contribution in [-0.4, -0.2) is 101 Å². The van der Waals surface area contributed by atoms with Crippen molar-refractivity contribution in [1.82, 2.24) is 0 Å². The van der Waals surface area contributed by atoms with Crippen molar-refractivity contribution < 1.29 is 50.3 Å². The van der Waals surface area contributed by atoms with Crippen LogP contribution >= 0.6 is 0 Å². The predicted molar refractivity (Wildman–Crippen MR) is 204 cm³/mol. The van der Waals surface area contributed by atoms with Crippen LogP contribution in [0.3, 0.4) is 0 Å². The molecular weight excluding hydrogens is 675 g/mol. The van der Waals surface area contributed by atoms with Gasteiger partial charge in [-0.3, -0.25) is 9.35 Å². The average Bonchev–Trinajstić information content (AvgIpc) is 3.05. The maximum absolute atomic E-state index is 14.6. The highest BCUT2D eigenvalue weighted by molar-refractivity contribution is 7.86. The highest BCUT2D eigenvalue weighted by Gasteiger charge is 2.70. The lowest BCUT2D eigenvalue weighted by molar-refractivity contribution is -0.241. The Kier molecular flexibility index (Phi) is 10.8. The van der Waals surface area contributed by atoms with Crippen molar-refractivity contribution >= 4 is 80.6 Å². The largest absolute Gasteiger partial charge is 0.455 e. The Morgan fingerprint density at radius 2 is 1.43 bits per heavy atom. The van der Waals surface area contributed by atoms with E-state index in [2.05, 4.69) is 6.07 Å². The van der Waals surface area contributed by atoms with Crippen LogP contribution in [0.5, 0.6) is 0 Å². The number of esters is 3. The number of ether oxygens (including phenoxy) is 3. The first-order chi connectivity index (χ1) is 23.8. The zero-order chi connectivity index (χ0) is 37.7. The molecule has 4 saturated carbocycles. The molecule has 2 aromatic carbocycles. The van der Waals surface area contributed by atoms with Crippen LogP contribution in [0.1, 0.15) is 94.0 Å². The van der Waals surface area contributed by atoms with Gasteiger partial charge in [0.25, 0.3) is 0 Å². The molecule has 0 heterocycles. The maximum atomic E-state index is 14.6. The smallest absolute Gasteiger partial charge is 0.405 e. The van der Waals surface area contributed by atoms with Crippen LogP contribution in [0, 0.1) is 11.3 Å². The van der Waals surface area contributed by atoms with E-state index >= 15 is 0 Å². The molecule has 0 aliphatic heterocycles. The van der Waals surface area contributed by atoms with Gasteiger partial charge in [-0.15, -0.1) is 0 Å². The summed E-state index contributed by atoms with van der Waals surface area (Å²) in [6, 6.07) is 7.81. The third-order valence-corrected chi connectivity index (χ3v) is 12.5. The zero-order valence-electron chi connectivity index (χ0n) is 30.6. The van der Waals surface area contributed by atoms with Crippen LogP contribution in [0.2, 0.25) is 0 Å². The van der Waals surface area contributed by atoms with Crippen molar-refractivity contribution in [2.45, 2.75) is 99.6 Å². The molecule has 268 valence electrons. The molecule has 0 radical (unpaired) electrons. The predicted octanol–water partition coefficient (Wildman–Crippen LogP) is -1.50. The van der Waals surface area contributed by atoms with Gasteiger partial charge < -0.3 is 14.2 Å². The summed E-state index contributed by atoms with van der Waals surface area (Å²) in [6.07, 6.45) is 1.60. The Hall–Kier alpha value is -2.99. The number of carbonyl (C=O) groups is 3. The Morgan fingerprint density at radius 1 is 0.863 bits per heavy atom. The summed E-state index contributed by atoms with van der Waals surface area (Å²) in [7, 11) is 5.87. The SMILES string of the molecule is BCc1cc(CB)c(CB)c(C(=O)OC23CC4CC(OC(=O)c5c(CB)ccc(CB)c5B)(C2)CC(C(=O)OC(C)C(F)(F)S(=O)(=O)O)(C4)C3)c1. The van der Waals surface area contributed by atoms with E-state index in [9.17, 15) is 36.1 Å². The van der Waals surface area contributed by atoms with Gasteiger partial charge in [-0.25, -0.2) is 9.59 Å². The van der Waals surface area contributed by atoms with Crippen LogP contribution in [0.15, 0.2) is 24.3 Å². The summed E-state index contributed by atoms with van der Waals surface area (Å²) < 4.78 is 79.6. The zero-order valence-corrected chi connectivity index (χ0v) is 31.4. The lowest BCUT2D eigenvalue weighted by Gasteiger charge is -2.63. The van der Waals surface area contributed by atoms with E-state index in [0.717, 1.165) is 33.3 Å². The van der Waals surface area contributed by atoms with Crippen LogP contribution in [0.4, 0.5) is 8.78 Å². The fourth-order valence-electron chi connectivity index (χ4n) is 9.47. The second-order valence-electron chi connectivity index (χ2n) is 15.0. The van der Waals surface area contributed by atoms with Gasteiger partial charge in [-0.1, -0.05) is 72.0 Å². The number of hydrogen-bond acceptors (Lipinski definition) is 8. The van der Waals surface area contributed by atoms with Crippen LogP contribution in [0.25, 0.3) is 0 Å². The van der Waals surface area contributed by atoms with Crippen molar-refractivity contribution in [2.75, 3.05) is 0 Å². The van der Waals surface area contributed by atoms with Crippen molar-refractivity contribution in [1.29, 1.82) is 0 Å². The molecular formula is C33H44B6F2O9S. The second-order valence-corrected chi connectivity index (χ2v) is 16.4. The molecule has 1 N–H and O–H groups in total. The van der Waals surface area contributed by atoms with E-state index in [1.165, 1.54) is 0 Å². The number of halogens is 2. The van der Waals surface area contributed by atoms with Crippen LogP contribution < -0.4 is 5.46 Å². The lowest BCUT2D eigenvalue weighted by atomic mass is 9.46. The third-order valence-electron chi connectivity index (χ3n) is 11.5. The summed E-state index contributed by atoms with van der Waals surface area (Å²) in [5.74, 6) is -2.57. The van der Waals surface area contributed by atoms with Gasteiger partial charge in [0.2, 0.25) is 0 Å². The first-order valence-electron chi connectivity index (χ1n) is 18.1. The minimum Gasteiger partial charge on any atom is -0.455 e. The summed E-state index contributed by atoms with van der Waals surface area (Å²) in [4.78, 5) is 42.5. The molecule has 0 spiro atoms. The molecule has 9 nitrogen and oxygen atoms in total. The van der Waals surface area contributed by atoms with E-state index in [4.69, 9.17) is 14.2 Å². The van der Waals surface area contributed by atoms with Gasteiger partial charge in [-0.05, 0) is 49.3 Å². The van der Waals surface area contributed by atoms with E-state index in [-0.39, 0.29) is 31.6 Å². The molecule has 0 saturated heterocycles. The molecule has 0 aromatic heterocycles. The van der Waals surface area contributed by atoms with Gasteiger partial charge in [-0.2, -0.15) is 17.2 Å².